The Balaban J connectivity index is 2.74. The van der Waals surface area contributed by atoms with Gasteiger partial charge in [0.15, 0.2) is 0 Å². The third kappa shape index (κ3) is 6.98. The third-order valence-corrected chi connectivity index (χ3v) is 4.01. The number of nitrogens with zero attached hydrogens (tertiary/aromatic N) is 1. The molecule has 2 unspecified atom stereocenters. The van der Waals surface area contributed by atoms with Crippen molar-refractivity contribution in [1.82, 2.24) is 5.32 Å². The molecule has 0 fully saturated rings. The van der Waals surface area contributed by atoms with E-state index in [-0.39, 0.29) is 19.4 Å². The lowest BCUT2D eigenvalue weighted by atomic mass is 9.87. The van der Waals surface area contributed by atoms with Crippen molar-refractivity contribution in [1.29, 1.82) is 5.26 Å². The van der Waals surface area contributed by atoms with Gasteiger partial charge >= 0.3 is 18.0 Å². The number of ether oxygens (including phenoxy) is 3. The number of carbonyl (C=O) groups is 3. The lowest BCUT2D eigenvalue weighted by Crippen LogP contribution is -2.54. The molecule has 0 radical (unpaired) electrons. The number of amides is 1. The van der Waals surface area contributed by atoms with E-state index in [0.29, 0.717) is 6.42 Å². The fourth-order valence-electron chi connectivity index (χ4n) is 2.59. The van der Waals surface area contributed by atoms with E-state index in [0.717, 1.165) is 5.56 Å². The van der Waals surface area contributed by atoms with Crippen LogP contribution in [0.15, 0.2) is 30.3 Å². The molecule has 27 heavy (non-hydrogen) atoms. The molecule has 2 atom stereocenters. The number of benzene rings is 1. The molecule has 0 spiro atoms. The number of hydrogen-bond acceptors (Lipinski definition) is 7. The predicted molar refractivity (Wildman–Crippen MR) is 95.4 cm³/mol. The normalized spacial score (nSPS) is 13.4. The van der Waals surface area contributed by atoms with E-state index < -0.39 is 29.5 Å². The first-order valence-corrected chi connectivity index (χ1v) is 8.38. The number of hydrogen-bond donors (Lipinski definition) is 1. The number of methoxy groups -OCH3 is 2. The van der Waals surface area contributed by atoms with Crippen LogP contribution in [0.5, 0.6) is 0 Å². The maximum atomic E-state index is 12.2. The molecule has 0 bridgehead atoms. The van der Waals surface area contributed by atoms with Crippen molar-refractivity contribution in [3.63, 3.8) is 0 Å². The Bertz CT molecular complexity index is 685. The van der Waals surface area contributed by atoms with E-state index in [9.17, 15) is 14.4 Å². The summed E-state index contributed by atoms with van der Waals surface area (Å²) in [5.41, 5.74) is -0.547. The summed E-state index contributed by atoms with van der Waals surface area (Å²) >= 11 is 0. The first-order chi connectivity index (χ1) is 12.9. The van der Waals surface area contributed by atoms with Crippen LogP contribution < -0.4 is 5.32 Å². The Morgan fingerprint density at radius 3 is 2.41 bits per heavy atom. The number of nitriles is 1. The van der Waals surface area contributed by atoms with Crippen LogP contribution >= 0.6 is 0 Å². The molecule has 8 nitrogen and oxygen atoms in total. The van der Waals surface area contributed by atoms with Crippen LogP contribution in [0.4, 0.5) is 4.79 Å². The zero-order valence-electron chi connectivity index (χ0n) is 15.7. The highest BCUT2D eigenvalue weighted by Gasteiger charge is 2.41. The molecule has 0 aliphatic heterocycles. The van der Waals surface area contributed by atoms with E-state index in [2.05, 4.69) is 10.1 Å². The van der Waals surface area contributed by atoms with Crippen molar-refractivity contribution in [2.45, 2.75) is 31.7 Å². The van der Waals surface area contributed by atoms with Crippen LogP contribution in [0.1, 0.15) is 25.3 Å². The molecular formula is C19H24N2O6. The monoisotopic (exact) mass is 376 g/mol. The van der Waals surface area contributed by atoms with Crippen LogP contribution in [0.2, 0.25) is 0 Å². The number of esters is 2. The van der Waals surface area contributed by atoms with Gasteiger partial charge in [-0.15, -0.1) is 0 Å². The fourth-order valence-corrected chi connectivity index (χ4v) is 2.59. The first kappa shape index (κ1) is 22.0. The smallest absolute Gasteiger partial charge is 0.408 e. The second-order valence-electron chi connectivity index (χ2n) is 6.11. The number of alkyl carbamates (subject to hydrolysis) is 1. The summed E-state index contributed by atoms with van der Waals surface area (Å²) in [7, 11) is 2.36. The van der Waals surface area contributed by atoms with E-state index in [1.807, 2.05) is 36.4 Å². The fraction of sp³-hybridized carbons (Fsp3) is 0.474. The summed E-state index contributed by atoms with van der Waals surface area (Å²) in [4.78, 5) is 36.1. The van der Waals surface area contributed by atoms with Gasteiger partial charge in [-0.3, -0.25) is 4.79 Å². The minimum atomic E-state index is -1.55. The second-order valence-corrected chi connectivity index (χ2v) is 6.11. The summed E-state index contributed by atoms with van der Waals surface area (Å²) in [5, 5.41) is 11.3. The Kier molecular flexibility index (Phi) is 8.79. The molecule has 1 aromatic rings. The summed E-state index contributed by atoms with van der Waals surface area (Å²) in [5.74, 6) is -2.30. The summed E-state index contributed by atoms with van der Waals surface area (Å²) in [6.45, 7) is 1.52. The quantitative estimate of drug-likeness (QED) is 0.517. The molecule has 0 heterocycles. The average Bonchev–Trinajstić information content (AvgIpc) is 2.67. The van der Waals surface area contributed by atoms with E-state index in [1.165, 1.54) is 21.1 Å². The highest BCUT2D eigenvalue weighted by atomic mass is 16.6. The van der Waals surface area contributed by atoms with Gasteiger partial charge in [-0.1, -0.05) is 30.3 Å². The van der Waals surface area contributed by atoms with Gasteiger partial charge in [0.05, 0.1) is 32.8 Å². The molecule has 0 saturated heterocycles. The predicted octanol–water partition coefficient (Wildman–Crippen LogP) is 1.98. The Hall–Kier alpha value is -3.08. The Morgan fingerprint density at radius 2 is 1.85 bits per heavy atom. The van der Waals surface area contributed by atoms with Crippen molar-refractivity contribution in [3.05, 3.63) is 35.9 Å². The van der Waals surface area contributed by atoms with E-state index in [4.69, 9.17) is 14.7 Å². The highest BCUT2D eigenvalue weighted by Crippen LogP contribution is 2.22. The number of carbonyl (C=O) groups excluding carboxylic acids is 3. The lowest BCUT2D eigenvalue weighted by molar-refractivity contribution is -0.151. The first-order valence-electron chi connectivity index (χ1n) is 8.38. The number of nitrogens with one attached hydrogen (secondary N) is 1. The average molecular weight is 376 g/mol. The molecule has 146 valence electrons. The van der Waals surface area contributed by atoms with Crippen molar-refractivity contribution in [2.75, 3.05) is 20.8 Å². The van der Waals surface area contributed by atoms with E-state index >= 15 is 0 Å². The SMILES string of the molecule is COC(=O)C(CC#N)CC(C)(NC(=O)OCCc1ccccc1)C(=O)OC. The maximum absolute atomic E-state index is 12.2. The number of rotatable bonds is 9. The topological polar surface area (TPSA) is 115 Å². The zero-order valence-corrected chi connectivity index (χ0v) is 15.7. The van der Waals surface area contributed by atoms with Crippen molar-refractivity contribution in [3.8, 4) is 6.07 Å². The Labute approximate surface area is 158 Å². The van der Waals surface area contributed by atoms with Crippen LogP contribution in [-0.4, -0.2) is 44.4 Å². The van der Waals surface area contributed by atoms with Gasteiger partial charge in [0.1, 0.15) is 5.54 Å². The molecule has 1 aromatic carbocycles. The molecule has 0 saturated carbocycles. The van der Waals surface area contributed by atoms with Crippen molar-refractivity contribution in [2.24, 2.45) is 5.92 Å². The lowest BCUT2D eigenvalue weighted by Gasteiger charge is -2.29. The minimum Gasteiger partial charge on any atom is -0.469 e. The molecule has 1 rings (SSSR count). The maximum Gasteiger partial charge on any atom is 0.408 e. The Morgan fingerprint density at radius 1 is 1.19 bits per heavy atom. The second kappa shape index (κ2) is 10.8. The molecule has 1 amide bonds. The summed E-state index contributed by atoms with van der Waals surface area (Å²) in [6.07, 6.45) is -0.625. The largest absolute Gasteiger partial charge is 0.469 e. The van der Waals surface area contributed by atoms with Gasteiger partial charge < -0.3 is 19.5 Å². The zero-order chi connectivity index (χ0) is 20.3. The summed E-state index contributed by atoms with van der Waals surface area (Å²) < 4.78 is 14.5. The van der Waals surface area contributed by atoms with Crippen molar-refractivity contribution < 1.29 is 28.6 Å². The van der Waals surface area contributed by atoms with E-state index in [1.54, 1.807) is 0 Å². The van der Waals surface area contributed by atoms with Gasteiger partial charge in [0.2, 0.25) is 0 Å². The molecule has 0 aromatic heterocycles. The van der Waals surface area contributed by atoms with Gasteiger partial charge in [-0.2, -0.15) is 5.26 Å². The van der Waals surface area contributed by atoms with Gasteiger partial charge in [0, 0.05) is 12.8 Å². The molecule has 1 N–H and O–H groups in total. The molecular weight excluding hydrogens is 352 g/mol. The van der Waals surface area contributed by atoms with Crippen LogP contribution in [0.25, 0.3) is 0 Å². The standard InChI is InChI=1S/C19H24N2O6/c1-19(17(23)26-3,13-15(9-11-20)16(22)25-2)21-18(24)27-12-10-14-7-5-4-6-8-14/h4-8,15H,9-10,12-13H2,1-3H3,(H,21,24). The third-order valence-electron chi connectivity index (χ3n) is 4.01. The summed E-state index contributed by atoms with van der Waals surface area (Å²) in [6, 6.07) is 11.3. The molecule has 0 aliphatic carbocycles. The van der Waals surface area contributed by atoms with Gasteiger partial charge in [0.25, 0.3) is 0 Å². The van der Waals surface area contributed by atoms with Crippen LogP contribution in [0.3, 0.4) is 0 Å². The van der Waals surface area contributed by atoms with Crippen molar-refractivity contribution >= 4 is 18.0 Å². The molecule has 8 heteroatoms. The minimum absolute atomic E-state index is 0.117. The molecule has 0 aliphatic rings. The van der Waals surface area contributed by atoms with Gasteiger partial charge in [-0.25, -0.2) is 9.59 Å². The van der Waals surface area contributed by atoms with Crippen LogP contribution in [0, 0.1) is 17.2 Å². The van der Waals surface area contributed by atoms with Gasteiger partial charge in [-0.05, 0) is 18.9 Å². The van der Waals surface area contributed by atoms with Crippen LogP contribution in [-0.2, 0) is 30.2 Å². The highest BCUT2D eigenvalue weighted by molar-refractivity contribution is 5.86.